The van der Waals surface area contributed by atoms with E-state index in [1.165, 1.54) is 0 Å². The number of aromatic nitrogens is 4. The number of hydrogen-bond acceptors (Lipinski definition) is 4. The van der Waals surface area contributed by atoms with Crippen LogP contribution in [0.1, 0.15) is 18.5 Å². The van der Waals surface area contributed by atoms with Gasteiger partial charge in [-0.2, -0.15) is 0 Å². The number of benzene rings is 2. The molecule has 5 nitrogen and oxygen atoms in total. The Hall–Kier alpha value is -2.40. The van der Waals surface area contributed by atoms with E-state index in [4.69, 9.17) is 17.3 Å². The first-order valence-corrected chi connectivity index (χ1v) is 6.92. The highest BCUT2D eigenvalue weighted by molar-refractivity contribution is 6.30. The van der Waals surface area contributed by atoms with Gasteiger partial charge < -0.3 is 5.73 Å². The lowest BCUT2D eigenvalue weighted by molar-refractivity contribution is 0.548. The first kappa shape index (κ1) is 13.6. The van der Waals surface area contributed by atoms with Crippen LogP contribution in [0, 0.1) is 0 Å². The van der Waals surface area contributed by atoms with E-state index in [1.54, 1.807) is 4.68 Å². The second-order valence-electron chi connectivity index (χ2n) is 4.80. The minimum absolute atomic E-state index is 0.0323. The van der Waals surface area contributed by atoms with Gasteiger partial charge in [0.05, 0.1) is 6.04 Å². The van der Waals surface area contributed by atoms with E-state index in [1.807, 2.05) is 55.5 Å². The molecular weight excluding hydrogens is 286 g/mol. The molecule has 0 bridgehead atoms. The Balaban J connectivity index is 2.03. The maximum Gasteiger partial charge on any atom is 0.182 e. The number of tetrazole rings is 1. The van der Waals surface area contributed by atoms with Crippen LogP contribution in [-0.4, -0.2) is 20.2 Å². The van der Waals surface area contributed by atoms with Gasteiger partial charge in [0.2, 0.25) is 0 Å². The van der Waals surface area contributed by atoms with Crippen LogP contribution in [-0.2, 0) is 0 Å². The molecule has 0 aliphatic heterocycles. The van der Waals surface area contributed by atoms with Gasteiger partial charge in [0.1, 0.15) is 0 Å². The fourth-order valence-corrected chi connectivity index (χ4v) is 2.43. The van der Waals surface area contributed by atoms with Gasteiger partial charge >= 0.3 is 0 Å². The van der Waals surface area contributed by atoms with Crippen molar-refractivity contribution in [3.05, 3.63) is 59.1 Å². The number of rotatable bonds is 3. The fourth-order valence-electron chi connectivity index (χ4n) is 2.23. The molecule has 3 rings (SSSR count). The maximum absolute atomic E-state index is 6.05. The SMILES string of the molecule is CC(c1cccc(Cl)c1)n1nnnc1-c1cccc(N)c1. The summed E-state index contributed by atoms with van der Waals surface area (Å²) >= 11 is 6.05. The normalized spacial score (nSPS) is 12.3. The van der Waals surface area contributed by atoms with Crippen LogP contribution < -0.4 is 5.73 Å². The summed E-state index contributed by atoms with van der Waals surface area (Å²) in [7, 11) is 0. The van der Waals surface area contributed by atoms with Gasteiger partial charge in [-0.25, -0.2) is 4.68 Å². The summed E-state index contributed by atoms with van der Waals surface area (Å²) in [6.07, 6.45) is 0. The number of nitrogen functional groups attached to an aromatic ring is 1. The van der Waals surface area contributed by atoms with E-state index in [2.05, 4.69) is 15.5 Å². The van der Waals surface area contributed by atoms with Crippen molar-refractivity contribution in [3.8, 4) is 11.4 Å². The summed E-state index contributed by atoms with van der Waals surface area (Å²) < 4.78 is 1.76. The van der Waals surface area contributed by atoms with E-state index >= 15 is 0 Å². The minimum atomic E-state index is -0.0323. The molecule has 106 valence electrons. The molecule has 1 aromatic heterocycles. The zero-order chi connectivity index (χ0) is 14.8. The summed E-state index contributed by atoms with van der Waals surface area (Å²) in [6.45, 7) is 2.03. The van der Waals surface area contributed by atoms with Crippen molar-refractivity contribution in [1.29, 1.82) is 0 Å². The van der Waals surface area contributed by atoms with Crippen LogP contribution in [0.15, 0.2) is 48.5 Å². The Morgan fingerprint density at radius 3 is 2.71 bits per heavy atom. The van der Waals surface area contributed by atoms with Crippen LogP contribution >= 0.6 is 11.6 Å². The predicted octanol–water partition coefficient (Wildman–Crippen LogP) is 3.19. The zero-order valence-electron chi connectivity index (χ0n) is 11.4. The van der Waals surface area contributed by atoms with Crippen molar-refractivity contribution in [3.63, 3.8) is 0 Å². The molecular formula is C15H14ClN5. The molecule has 0 fully saturated rings. The molecule has 0 spiro atoms. The minimum Gasteiger partial charge on any atom is -0.399 e. The molecule has 1 atom stereocenters. The molecule has 3 aromatic rings. The number of halogens is 1. The molecule has 0 aliphatic carbocycles. The van der Waals surface area contributed by atoms with E-state index in [0.29, 0.717) is 16.5 Å². The summed E-state index contributed by atoms with van der Waals surface area (Å²) in [5, 5.41) is 12.7. The molecule has 0 aliphatic rings. The number of nitrogens with two attached hydrogens (primary N) is 1. The van der Waals surface area contributed by atoms with Crippen molar-refractivity contribution in [1.82, 2.24) is 20.2 Å². The van der Waals surface area contributed by atoms with Gasteiger partial charge in [0.15, 0.2) is 5.82 Å². The second kappa shape index (κ2) is 5.54. The van der Waals surface area contributed by atoms with E-state index in [9.17, 15) is 0 Å². The third-order valence-corrected chi connectivity index (χ3v) is 3.57. The van der Waals surface area contributed by atoms with E-state index < -0.39 is 0 Å². The Labute approximate surface area is 127 Å². The Morgan fingerprint density at radius 1 is 1.14 bits per heavy atom. The van der Waals surface area contributed by atoms with Crippen molar-refractivity contribution in [2.24, 2.45) is 0 Å². The summed E-state index contributed by atoms with van der Waals surface area (Å²) in [6, 6.07) is 15.1. The third-order valence-electron chi connectivity index (χ3n) is 3.34. The molecule has 21 heavy (non-hydrogen) atoms. The first-order valence-electron chi connectivity index (χ1n) is 6.54. The molecule has 0 saturated heterocycles. The first-order chi connectivity index (χ1) is 10.1. The van der Waals surface area contributed by atoms with Crippen LogP contribution in [0.25, 0.3) is 11.4 Å². The monoisotopic (exact) mass is 299 g/mol. The van der Waals surface area contributed by atoms with Crippen molar-refractivity contribution < 1.29 is 0 Å². The van der Waals surface area contributed by atoms with Gasteiger partial charge in [0.25, 0.3) is 0 Å². The number of nitrogens with zero attached hydrogens (tertiary/aromatic N) is 4. The van der Waals surface area contributed by atoms with Crippen LogP contribution in [0.5, 0.6) is 0 Å². The molecule has 0 saturated carbocycles. The number of anilines is 1. The van der Waals surface area contributed by atoms with Crippen molar-refractivity contribution >= 4 is 17.3 Å². The molecule has 2 N–H and O–H groups in total. The van der Waals surface area contributed by atoms with Gasteiger partial charge in [-0.3, -0.25) is 0 Å². The average Bonchev–Trinajstić information content (AvgIpc) is 2.96. The Bertz CT molecular complexity index is 768. The molecule has 6 heteroatoms. The topological polar surface area (TPSA) is 69.6 Å². The molecule has 0 amide bonds. The quantitative estimate of drug-likeness (QED) is 0.754. The highest BCUT2D eigenvalue weighted by atomic mass is 35.5. The van der Waals surface area contributed by atoms with Crippen LogP contribution in [0.4, 0.5) is 5.69 Å². The number of hydrogen-bond donors (Lipinski definition) is 1. The van der Waals surface area contributed by atoms with Crippen LogP contribution in [0.2, 0.25) is 5.02 Å². The standard InChI is InChI=1S/C15H14ClN5/c1-10(11-4-2-6-13(16)8-11)21-15(18-19-20-21)12-5-3-7-14(17)9-12/h2-10H,17H2,1H3. The largest absolute Gasteiger partial charge is 0.399 e. The van der Waals surface area contributed by atoms with Crippen molar-refractivity contribution in [2.45, 2.75) is 13.0 Å². The van der Waals surface area contributed by atoms with E-state index in [-0.39, 0.29) is 6.04 Å². The van der Waals surface area contributed by atoms with Gasteiger partial charge in [-0.15, -0.1) is 5.10 Å². The fraction of sp³-hybridized carbons (Fsp3) is 0.133. The predicted molar refractivity (Wildman–Crippen MR) is 82.9 cm³/mol. The lowest BCUT2D eigenvalue weighted by atomic mass is 10.1. The van der Waals surface area contributed by atoms with Gasteiger partial charge in [0, 0.05) is 16.3 Å². The molecule has 2 aromatic carbocycles. The zero-order valence-corrected chi connectivity index (χ0v) is 12.2. The van der Waals surface area contributed by atoms with Crippen molar-refractivity contribution in [2.75, 3.05) is 5.73 Å². The van der Waals surface area contributed by atoms with Gasteiger partial charge in [-0.1, -0.05) is 35.9 Å². The maximum atomic E-state index is 6.05. The highest BCUT2D eigenvalue weighted by Gasteiger charge is 2.16. The summed E-state index contributed by atoms with van der Waals surface area (Å²) in [4.78, 5) is 0. The molecule has 1 heterocycles. The second-order valence-corrected chi connectivity index (χ2v) is 5.24. The van der Waals surface area contributed by atoms with Crippen LogP contribution in [0.3, 0.4) is 0 Å². The lowest BCUT2D eigenvalue weighted by Crippen LogP contribution is -2.10. The lowest BCUT2D eigenvalue weighted by Gasteiger charge is -2.14. The molecule has 0 radical (unpaired) electrons. The van der Waals surface area contributed by atoms with E-state index in [0.717, 1.165) is 11.1 Å². The van der Waals surface area contributed by atoms with Gasteiger partial charge in [-0.05, 0) is 47.2 Å². The Kier molecular flexibility index (Phi) is 3.58. The molecule has 1 unspecified atom stereocenters. The summed E-state index contributed by atoms with van der Waals surface area (Å²) in [5.74, 6) is 0.676. The summed E-state index contributed by atoms with van der Waals surface area (Å²) in [5.41, 5.74) is 8.43. The average molecular weight is 300 g/mol. The Morgan fingerprint density at radius 2 is 1.95 bits per heavy atom. The highest BCUT2D eigenvalue weighted by Crippen LogP contribution is 2.25. The third kappa shape index (κ3) is 2.73. The smallest absolute Gasteiger partial charge is 0.182 e.